The smallest absolute Gasteiger partial charge is 0.347 e. The van der Waals surface area contributed by atoms with Crippen molar-refractivity contribution in [1.29, 1.82) is 0 Å². The zero-order chi connectivity index (χ0) is 31.4. The first-order valence-corrected chi connectivity index (χ1v) is 14.2. The second-order valence-corrected chi connectivity index (χ2v) is 11.4. The zero-order valence-electron chi connectivity index (χ0n) is 25.6. The van der Waals surface area contributed by atoms with Crippen LogP contribution in [0, 0.1) is 16.7 Å². The average molecular weight is 683 g/mol. The summed E-state index contributed by atoms with van der Waals surface area (Å²) in [7, 11) is 0. The van der Waals surface area contributed by atoms with Crippen molar-refractivity contribution in [3.05, 3.63) is 0 Å². The van der Waals surface area contributed by atoms with Crippen molar-refractivity contribution in [3.63, 3.8) is 0 Å². The fraction of sp³-hybridized carbons (Fsp3) is 0.829. The molecule has 0 N–H and O–H groups in total. The first-order valence-electron chi connectivity index (χ1n) is 14.2. The molecule has 12 heteroatoms. The van der Waals surface area contributed by atoms with Crippen LogP contribution in [-0.4, -0.2) is 73.9 Å². The molecule has 0 aliphatic carbocycles. The van der Waals surface area contributed by atoms with Gasteiger partial charge in [0, 0.05) is 12.8 Å². The van der Waals surface area contributed by atoms with E-state index in [0.717, 1.165) is 6.42 Å². The SMILES string of the molecule is C.C.C.C.C.C.CCC(C)(C)C(=O)OC1CCOC1=O.CCC(C)(C)C(=O)OC1COC(=O)C1.CCC(C)C(=O)OC1CCOC1=O. The van der Waals surface area contributed by atoms with Gasteiger partial charge in [0.05, 0.1) is 36.4 Å². The molecule has 3 fully saturated rings. The maximum Gasteiger partial charge on any atom is 0.347 e. The van der Waals surface area contributed by atoms with E-state index >= 15 is 0 Å². The Labute approximate surface area is 286 Å². The van der Waals surface area contributed by atoms with Gasteiger partial charge in [0.15, 0.2) is 0 Å². The lowest BCUT2D eigenvalue weighted by molar-refractivity contribution is -0.167. The fourth-order valence-electron chi connectivity index (χ4n) is 3.05. The summed E-state index contributed by atoms with van der Waals surface area (Å²) < 4.78 is 29.2. The molecular formula is C35H70O12. The van der Waals surface area contributed by atoms with Gasteiger partial charge in [-0.2, -0.15) is 0 Å². The molecule has 0 amide bonds. The van der Waals surface area contributed by atoms with E-state index < -0.39 is 35.0 Å². The molecule has 3 saturated heterocycles. The molecular weight excluding hydrogens is 612 g/mol. The molecule has 0 aromatic heterocycles. The molecule has 4 atom stereocenters. The Morgan fingerprint density at radius 2 is 1.11 bits per heavy atom. The van der Waals surface area contributed by atoms with Crippen LogP contribution in [0.1, 0.15) is 138 Å². The van der Waals surface area contributed by atoms with Crippen LogP contribution in [0.4, 0.5) is 0 Å². The van der Waals surface area contributed by atoms with E-state index in [2.05, 4.69) is 4.74 Å². The van der Waals surface area contributed by atoms with Gasteiger partial charge in [-0.25, -0.2) is 9.59 Å². The van der Waals surface area contributed by atoms with Crippen LogP contribution >= 0.6 is 0 Å². The van der Waals surface area contributed by atoms with E-state index in [1.54, 1.807) is 20.8 Å². The molecule has 0 saturated carbocycles. The standard InChI is InChI=1S/2C10H16O4.C9H14O4.6CH4/c1-4-10(2,3)9(12)14-7-5-8(11)13-6-7;1-4-10(2,3)9(12)14-7-5-6-13-8(7)11;1-3-6(2)8(10)13-7-4-5-12-9(7)11;;;;;;/h2*7H,4-6H2,1-3H3;6-7H,3-5H2,1-2H3;6*1H4. The largest absolute Gasteiger partial charge is 0.463 e. The van der Waals surface area contributed by atoms with E-state index in [9.17, 15) is 28.8 Å². The first kappa shape index (κ1) is 56.2. The summed E-state index contributed by atoms with van der Waals surface area (Å²) in [6, 6.07) is 0. The minimum atomic E-state index is -0.687. The van der Waals surface area contributed by atoms with Crippen LogP contribution in [0.2, 0.25) is 0 Å². The molecule has 3 aliphatic rings. The number of carbonyl (C=O) groups excluding carboxylic acids is 6. The summed E-state index contributed by atoms with van der Waals surface area (Å²) in [5.74, 6) is -2.19. The molecule has 3 rings (SSSR count). The fourth-order valence-corrected chi connectivity index (χ4v) is 3.05. The molecule has 282 valence electrons. The molecule has 0 spiro atoms. The van der Waals surface area contributed by atoms with Crippen LogP contribution < -0.4 is 0 Å². The number of esters is 6. The molecule has 3 heterocycles. The van der Waals surface area contributed by atoms with Crippen molar-refractivity contribution in [2.75, 3.05) is 19.8 Å². The molecule has 0 bridgehead atoms. The van der Waals surface area contributed by atoms with E-state index in [1.165, 1.54) is 0 Å². The maximum atomic E-state index is 11.6. The van der Waals surface area contributed by atoms with Gasteiger partial charge in [0.1, 0.15) is 12.7 Å². The number of hydrogen-bond acceptors (Lipinski definition) is 12. The summed E-state index contributed by atoms with van der Waals surface area (Å²) in [5.41, 5.74) is -1.01. The highest BCUT2D eigenvalue weighted by atomic mass is 16.6. The maximum absolute atomic E-state index is 11.6. The highest BCUT2D eigenvalue weighted by molar-refractivity contribution is 5.83. The Bertz CT molecular complexity index is 941. The van der Waals surface area contributed by atoms with Gasteiger partial charge in [-0.15, -0.1) is 0 Å². The Kier molecular flexibility index (Phi) is 30.9. The van der Waals surface area contributed by atoms with Crippen molar-refractivity contribution < 1.29 is 57.2 Å². The summed E-state index contributed by atoms with van der Waals surface area (Å²) in [6.07, 6.45) is 1.54. The lowest BCUT2D eigenvalue weighted by atomic mass is 9.90. The number of cyclic esters (lactones) is 3. The summed E-state index contributed by atoms with van der Waals surface area (Å²) in [5, 5.41) is 0. The minimum Gasteiger partial charge on any atom is -0.463 e. The normalized spacial score (nSPS) is 19.7. The third kappa shape index (κ3) is 18.7. The first-order chi connectivity index (χ1) is 19.1. The van der Waals surface area contributed by atoms with Crippen molar-refractivity contribution in [2.45, 2.75) is 157 Å². The highest BCUT2D eigenvalue weighted by Gasteiger charge is 2.36. The van der Waals surface area contributed by atoms with Crippen LogP contribution in [0.15, 0.2) is 0 Å². The number of ether oxygens (including phenoxy) is 6. The highest BCUT2D eigenvalue weighted by Crippen LogP contribution is 2.25. The molecule has 47 heavy (non-hydrogen) atoms. The van der Waals surface area contributed by atoms with Crippen molar-refractivity contribution in [2.24, 2.45) is 16.7 Å². The summed E-state index contributed by atoms with van der Waals surface area (Å²) in [4.78, 5) is 67.1. The minimum absolute atomic E-state index is 0. The monoisotopic (exact) mass is 682 g/mol. The van der Waals surface area contributed by atoms with Crippen LogP contribution in [0.25, 0.3) is 0 Å². The second-order valence-electron chi connectivity index (χ2n) is 11.4. The summed E-state index contributed by atoms with van der Waals surface area (Å²) in [6.45, 7) is 15.7. The van der Waals surface area contributed by atoms with E-state index in [4.69, 9.17) is 23.7 Å². The van der Waals surface area contributed by atoms with E-state index in [0.29, 0.717) is 38.9 Å². The topological polar surface area (TPSA) is 158 Å². The summed E-state index contributed by atoms with van der Waals surface area (Å²) >= 11 is 0. The predicted octanol–water partition coefficient (Wildman–Crippen LogP) is 7.27. The van der Waals surface area contributed by atoms with Gasteiger partial charge >= 0.3 is 35.8 Å². The van der Waals surface area contributed by atoms with Gasteiger partial charge in [-0.1, -0.05) is 72.3 Å². The van der Waals surface area contributed by atoms with Gasteiger partial charge in [-0.05, 0) is 47.0 Å². The Morgan fingerprint density at radius 1 is 0.702 bits per heavy atom. The molecule has 3 aliphatic heterocycles. The number of rotatable bonds is 9. The lowest BCUT2D eigenvalue weighted by Crippen LogP contribution is -2.32. The number of carbonyl (C=O) groups is 6. The molecule has 0 aromatic rings. The average Bonchev–Trinajstić information content (AvgIpc) is 3.65. The number of hydrogen-bond donors (Lipinski definition) is 0. The Morgan fingerprint density at radius 3 is 1.43 bits per heavy atom. The van der Waals surface area contributed by atoms with E-state index in [-0.39, 0.29) is 93.5 Å². The Balaban J connectivity index is -0.000000126. The van der Waals surface area contributed by atoms with E-state index in [1.807, 2.05) is 34.6 Å². The second kappa shape index (κ2) is 25.9. The predicted molar refractivity (Wildman–Crippen MR) is 184 cm³/mol. The van der Waals surface area contributed by atoms with Gasteiger partial charge in [0.2, 0.25) is 12.2 Å². The van der Waals surface area contributed by atoms with Crippen molar-refractivity contribution >= 4 is 35.8 Å². The van der Waals surface area contributed by atoms with Gasteiger partial charge < -0.3 is 28.4 Å². The van der Waals surface area contributed by atoms with Gasteiger partial charge in [-0.3, -0.25) is 19.2 Å². The molecule has 4 unspecified atom stereocenters. The molecule has 0 radical (unpaired) electrons. The zero-order valence-corrected chi connectivity index (χ0v) is 25.6. The van der Waals surface area contributed by atoms with Crippen LogP contribution in [0.5, 0.6) is 0 Å². The van der Waals surface area contributed by atoms with Crippen LogP contribution in [-0.2, 0) is 57.2 Å². The molecule has 0 aromatic carbocycles. The lowest BCUT2D eigenvalue weighted by Gasteiger charge is -2.22. The third-order valence-corrected chi connectivity index (χ3v) is 7.27. The quantitative estimate of drug-likeness (QED) is 0.177. The third-order valence-electron chi connectivity index (χ3n) is 7.27. The Hall–Kier alpha value is -3.18. The van der Waals surface area contributed by atoms with Crippen molar-refractivity contribution in [1.82, 2.24) is 0 Å². The molecule has 12 nitrogen and oxygen atoms in total. The van der Waals surface area contributed by atoms with Crippen molar-refractivity contribution in [3.8, 4) is 0 Å². The van der Waals surface area contributed by atoms with Gasteiger partial charge in [0.25, 0.3) is 0 Å². The van der Waals surface area contributed by atoms with Crippen LogP contribution in [0.3, 0.4) is 0 Å².